The quantitative estimate of drug-likeness (QED) is 0.918. The van der Waals surface area contributed by atoms with Crippen molar-refractivity contribution in [3.8, 4) is 6.07 Å². The average Bonchev–Trinajstić information content (AvgIpc) is 2.92. The van der Waals surface area contributed by atoms with Crippen molar-refractivity contribution in [3.63, 3.8) is 0 Å². The summed E-state index contributed by atoms with van der Waals surface area (Å²) in [6, 6.07) is 8.29. The topological polar surface area (TPSA) is 82.9 Å². The third-order valence-electron chi connectivity index (χ3n) is 2.66. The molecule has 104 valence electrons. The number of hydrogen-bond acceptors (Lipinski definition) is 5. The third kappa shape index (κ3) is 3.63. The minimum atomic E-state index is -3.53. The maximum absolute atomic E-state index is 12.1. The summed E-state index contributed by atoms with van der Waals surface area (Å²) < 4.78 is 26.8. The highest BCUT2D eigenvalue weighted by molar-refractivity contribution is 7.88. The summed E-state index contributed by atoms with van der Waals surface area (Å²) in [4.78, 5) is 4.08. The van der Waals surface area contributed by atoms with Gasteiger partial charge in [0, 0.05) is 11.6 Å². The lowest BCUT2D eigenvalue weighted by Crippen LogP contribution is -2.28. The molecule has 1 aromatic heterocycles. The first-order valence-electron chi connectivity index (χ1n) is 5.89. The second-order valence-electron chi connectivity index (χ2n) is 4.24. The molecular formula is C13H13N3O2S2. The summed E-state index contributed by atoms with van der Waals surface area (Å²) in [5.74, 6) is -0.216. The molecule has 1 N–H and O–H groups in total. The van der Waals surface area contributed by atoms with E-state index >= 15 is 0 Å². The lowest BCUT2D eigenvalue weighted by atomic mass is 10.1. The zero-order valence-corrected chi connectivity index (χ0v) is 12.4. The Labute approximate surface area is 122 Å². The van der Waals surface area contributed by atoms with Gasteiger partial charge in [0.25, 0.3) is 0 Å². The standard InChI is InChI=1S/C13H13N3O2S2/c1-10(13-15-6-7-19-13)16-20(17,18)9-12-5-3-2-4-11(12)8-14/h2-7,10,16H,9H2,1H3. The van der Waals surface area contributed by atoms with Crippen molar-refractivity contribution in [3.05, 3.63) is 52.0 Å². The number of aromatic nitrogens is 1. The summed E-state index contributed by atoms with van der Waals surface area (Å²) >= 11 is 1.40. The van der Waals surface area contributed by atoms with E-state index in [9.17, 15) is 8.42 Å². The second kappa shape index (κ2) is 6.13. The van der Waals surface area contributed by atoms with Gasteiger partial charge >= 0.3 is 0 Å². The Bertz CT molecular complexity index is 718. The van der Waals surface area contributed by atoms with Gasteiger partial charge in [0.15, 0.2) is 0 Å². The highest BCUT2D eigenvalue weighted by Gasteiger charge is 2.19. The Morgan fingerprint density at radius 1 is 1.45 bits per heavy atom. The highest BCUT2D eigenvalue weighted by atomic mass is 32.2. The number of hydrogen-bond donors (Lipinski definition) is 1. The van der Waals surface area contributed by atoms with Crippen molar-refractivity contribution in [2.24, 2.45) is 0 Å². The van der Waals surface area contributed by atoms with Crippen molar-refractivity contribution in [1.29, 1.82) is 5.26 Å². The van der Waals surface area contributed by atoms with E-state index in [0.29, 0.717) is 16.1 Å². The smallest absolute Gasteiger partial charge is 0.216 e. The molecule has 2 rings (SSSR count). The maximum atomic E-state index is 12.1. The second-order valence-corrected chi connectivity index (χ2v) is 6.92. The molecule has 0 saturated heterocycles. The van der Waals surface area contributed by atoms with Gasteiger partial charge in [-0.15, -0.1) is 11.3 Å². The van der Waals surface area contributed by atoms with Crippen LogP contribution in [0.15, 0.2) is 35.8 Å². The average molecular weight is 307 g/mol. The molecule has 0 aliphatic rings. The van der Waals surface area contributed by atoms with Crippen LogP contribution >= 0.6 is 11.3 Å². The largest absolute Gasteiger partial charge is 0.248 e. The molecule has 0 bridgehead atoms. The van der Waals surface area contributed by atoms with Gasteiger partial charge in [0.1, 0.15) is 5.01 Å². The molecule has 0 amide bonds. The molecule has 1 atom stereocenters. The molecule has 1 aromatic carbocycles. The van der Waals surface area contributed by atoms with Crippen LogP contribution in [-0.2, 0) is 15.8 Å². The minimum absolute atomic E-state index is 0.216. The molecule has 2 aromatic rings. The Balaban J connectivity index is 2.14. The van der Waals surface area contributed by atoms with Gasteiger partial charge in [-0.2, -0.15) is 5.26 Å². The summed E-state index contributed by atoms with van der Waals surface area (Å²) in [5, 5.41) is 11.5. The summed E-state index contributed by atoms with van der Waals surface area (Å²) in [6.45, 7) is 1.74. The van der Waals surface area contributed by atoms with Crippen LogP contribution in [-0.4, -0.2) is 13.4 Å². The molecule has 0 aliphatic heterocycles. The highest BCUT2D eigenvalue weighted by Crippen LogP contribution is 2.17. The molecule has 5 nitrogen and oxygen atoms in total. The van der Waals surface area contributed by atoms with Gasteiger partial charge < -0.3 is 0 Å². The molecule has 1 heterocycles. The SMILES string of the molecule is CC(NS(=O)(=O)Cc1ccccc1C#N)c1nccs1. The first-order valence-corrected chi connectivity index (χ1v) is 8.42. The van der Waals surface area contributed by atoms with E-state index in [2.05, 4.69) is 9.71 Å². The van der Waals surface area contributed by atoms with Crippen molar-refractivity contribution in [2.75, 3.05) is 0 Å². The minimum Gasteiger partial charge on any atom is -0.248 e. The van der Waals surface area contributed by atoms with Crippen LogP contribution < -0.4 is 4.72 Å². The van der Waals surface area contributed by atoms with E-state index in [1.807, 2.05) is 6.07 Å². The maximum Gasteiger partial charge on any atom is 0.216 e. The number of rotatable bonds is 5. The van der Waals surface area contributed by atoms with Crippen molar-refractivity contribution in [2.45, 2.75) is 18.7 Å². The molecule has 0 spiro atoms. The Hall–Kier alpha value is -1.75. The fourth-order valence-corrected chi connectivity index (χ4v) is 3.89. The van der Waals surface area contributed by atoms with Crippen LogP contribution in [0, 0.1) is 11.3 Å². The van der Waals surface area contributed by atoms with Gasteiger partial charge in [-0.05, 0) is 18.6 Å². The summed E-state index contributed by atoms with van der Waals surface area (Å²) in [5.41, 5.74) is 0.869. The zero-order chi connectivity index (χ0) is 14.6. The van der Waals surface area contributed by atoms with Crippen molar-refractivity contribution < 1.29 is 8.42 Å². The van der Waals surface area contributed by atoms with Gasteiger partial charge in [-0.25, -0.2) is 18.1 Å². The van der Waals surface area contributed by atoms with Gasteiger partial charge in [-0.1, -0.05) is 18.2 Å². The summed E-state index contributed by atoms with van der Waals surface area (Å²) in [7, 11) is -3.53. The number of thiazole rings is 1. The molecule has 0 fully saturated rings. The number of benzene rings is 1. The van der Waals surface area contributed by atoms with E-state index in [4.69, 9.17) is 5.26 Å². The third-order valence-corrected chi connectivity index (χ3v) is 5.02. The van der Waals surface area contributed by atoms with E-state index < -0.39 is 10.0 Å². The van der Waals surface area contributed by atoms with Crippen LogP contribution in [0.5, 0.6) is 0 Å². The van der Waals surface area contributed by atoms with Crippen LogP contribution in [0.25, 0.3) is 0 Å². The number of sulfonamides is 1. The van der Waals surface area contributed by atoms with Crippen LogP contribution in [0.2, 0.25) is 0 Å². The first-order chi connectivity index (χ1) is 9.52. The van der Waals surface area contributed by atoms with E-state index in [-0.39, 0.29) is 11.8 Å². The molecule has 0 aliphatic carbocycles. The fraction of sp³-hybridized carbons (Fsp3) is 0.231. The van der Waals surface area contributed by atoms with E-state index in [1.165, 1.54) is 11.3 Å². The molecule has 7 heteroatoms. The molecule has 0 radical (unpaired) electrons. The van der Waals surface area contributed by atoms with E-state index in [1.54, 1.807) is 42.8 Å². The predicted octanol–water partition coefficient (Wildman–Crippen LogP) is 2.20. The number of nitriles is 1. The first kappa shape index (κ1) is 14.7. The van der Waals surface area contributed by atoms with Crippen molar-refractivity contribution in [1.82, 2.24) is 9.71 Å². The van der Waals surface area contributed by atoms with Gasteiger partial charge in [-0.3, -0.25) is 0 Å². The van der Waals surface area contributed by atoms with Crippen LogP contribution in [0.1, 0.15) is 29.1 Å². The molecule has 0 saturated carbocycles. The molecular weight excluding hydrogens is 294 g/mol. The van der Waals surface area contributed by atoms with Crippen LogP contribution in [0.4, 0.5) is 0 Å². The number of nitrogens with one attached hydrogen (secondary N) is 1. The molecule has 20 heavy (non-hydrogen) atoms. The van der Waals surface area contributed by atoms with Crippen molar-refractivity contribution >= 4 is 21.4 Å². The van der Waals surface area contributed by atoms with Gasteiger partial charge in [0.2, 0.25) is 10.0 Å². The Morgan fingerprint density at radius 3 is 2.85 bits per heavy atom. The molecule has 1 unspecified atom stereocenters. The lowest BCUT2D eigenvalue weighted by molar-refractivity contribution is 0.565. The normalized spacial score (nSPS) is 12.8. The zero-order valence-electron chi connectivity index (χ0n) is 10.8. The number of nitrogens with zero attached hydrogens (tertiary/aromatic N) is 2. The monoisotopic (exact) mass is 307 g/mol. The summed E-state index contributed by atoms with van der Waals surface area (Å²) in [6.07, 6.45) is 1.63. The Kier molecular flexibility index (Phi) is 4.49. The predicted molar refractivity (Wildman–Crippen MR) is 77.4 cm³/mol. The van der Waals surface area contributed by atoms with Gasteiger partial charge in [0.05, 0.1) is 23.4 Å². The van der Waals surface area contributed by atoms with Crippen LogP contribution in [0.3, 0.4) is 0 Å². The van der Waals surface area contributed by atoms with E-state index in [0.717, 1.165) is 0 Å². The Morgan fingerprint density at radius 2 is 2.20 bits per heavy atom. The lowest BCUT2D eigenvalue weighted by Gasteiger charge is -2.12. The fourth-order valence-electron chi connectivity index (χ4n) is 1.77.